The van der Waals surface area contributed by atoms with Crippen LogP contribution in [0.2, 0.25) is 0 Å². The first-order chi connectivity index (χ1) is 8.65. The van der Waals surface area contributed by atoms with Gasteiger partial charge in [0.25, 0.3) is 0 Å². The lowest BCUT2D eigenvalue weighted by Crippen LogP contribution is -2.49. The first kappa shape index (κ1) is 15.4. The maximum atomic E-state index is 11.9. The molecule has 0 aromatic heterocycles. The van der Waals surface area contributed by atoms with Crippen molar-refractivity contribution >= 4 is 5.91 Å². The quantitative estimate of drug-likeness (QED) is 0.591. The monoisotopic (exact) mass is 257 g/mol. The molecule has 1 rings (SSSR count). The van der Waals surface area contributed by atoms with Gasteiger partial charge < -0.3 is 15.7 Å². The Morgan fingerprint density at radius 1 is 1.33 bits per heavy atom. The Hall–Kier alpha value is -0.650. The number of carbonyl (C=O) groups excluding carboxylic acids is 1. The van der Waals surface area contributed by atoms with Crippen LogP contribution >= 0.6 is 0 Å². The fourth-order valence-corrected chi connectivity index (χ4v) is 2.19. The lowest BCUT2D eigenvalue weighted by molar-refractivity contribution is -0.123. The van der Waals surface area contributed by atoms with Crippen LogP contribution in [0.5, 0.6) is 0 Å². The lowest BCUT2D eigenvalue weighted by atomic mass is 9.83. The molecule has 1 fully saturated rings. The van der Waals surface area contributed by atoms with E-state index in [-0.39, 0.29) is 17.9 Å². The van der Waals surface area contributed by atoms with Crippen molar-refractivity contribution in [2.24, 2.45) is 5.41 Å². The second kappa shape index (κ2) is 7.71. The molecule has 1 heterocycles. The number of carbonyl (C=O) groups is 1. The maximum Gasteiger partial charge on any atom is 0.234 e. The molecule has 1 saturated heterocycles. The molecule has 5 nitrogen and oxygen atoms in total. The first-order valence-electron chi connectivity index (χ1n) is 6.96. The molecule has 0 radical (unpaired) electrons. The van der Waals surface area contributed by atoms with Crippen LogP contribution in [-0.2, 0) is 4.79 Å². The number of nitrogens with one attached hydrogen (secondary N) is 2. The van der Waals surface area contributed by atoms with E-state index in [1.54, 1.807) is 0 Å². The van der Waals surface area contributed by atoms with Crippen molar-refractivity contribution < 1.29 is 9.90 Å². The predicted molar refractivity (Wildman–Crippen MR) is 72.4 cm³/mol. The van der Waals surface area contributed by atoms with E-state index in [2.05, 4.69) is 29.4 Å². The van der Waals surface area contributed by atoms with Gasteiger partial charge >= 0.3 is 0 Å². The van der Waals surface area contributed by atoms with Gasteiger partial charge in [0.1, 0.15) is 0 Å². The third-order valence-electron chi connectivity index (χ3n) is 4.07. The van der Waals surface area contributed by atoms with Crippen LogP contribution in [0.15, 0.2) is 0 Å². The SMILES string of the molecule is CCC(CC)(CO)CNC(=O)CN1CCNCC1. The molecule has 0 aromatic carbocycles. The average molecular weight is 257 g/mol. The van der Waals surface area contributed by atoms with Crippen LogP contribution in [-0.4, -0.2) is 61.8 Å². The Balaban J connectivity index is 2.30. The zero-order valence-corrected chi connectivity index (χ0v) is 11.7. The molecule has 18 heavy (non-hydrogen) atoms. The third kappa shape index (κ3) is 4.55. The van der Waals surface area contributed by atoms with Gasteiger partial charge in [-0.25, -0.2) is 0 Å². The van der Waals surface area contributed by atoms with Crippen LogP contribution in [0.25, 0.3) is 0 Å². The Kier molecular flexibility index (Phi) is 6.60. The first-order valence-corrected chi connectivity index (χ1v) is 6.96. The molecular formula is C13H27N3O2. The molecule has 0 aromatic rings. The second-order valence-electron chi connectivity index (χ2n) is 5.17. The molecule has 1 aliphatic rings. The molecule has 106 valence electrons. The van der Waals surface area contributed by atoms with Gasteiger partial charge in [-0.05, 0) is 12.8 Å². The number of hydrogen-bond acceptors (Lipinski definition) is 4. The van der Waals surface area contributed by atoms with E-state index in [0.29, 0.717) is 13.1 Å². The molecule has 0 aliphatic carbocycles. The summed E-state index contributed by atoms with van der Waals surface area (Å²) < 4.78 is 0. The summed E-state index contributed by atoms with van der Waals surface area (Å²) in [6, 6.07) is 0. The van der Waals surface area contributed by atoms with Crippen LogP contribution in [0.1, 0.15) is 26.7 Å². The van der Waals surface area contributed by atoms with Crippen LogP contribution in [0, 0.1) is 5.41 Å². The molecule has 3 N–H and O–H groups in total. The summed E-state index contributed by atoms with van der Waals surface area (Å²) >= 11 is 0. The molecule has 0 atom stereocenters. The van der Waals surface area contributed by atoms with Crippen molar-refractivity contribution in [1.29, 1.82) is 0 Å². The number of hydrogen-bond donors (Lipinski definition) is 3. The van der Waals surface area contributed by atoms with Gasteiger partial charge in [0.15, 0.2) is 0 Å². The summed E-state index contributed by atoms with van der Waals surface area (Å²) in [5.41, 5.74) is -0.154. The van der Waals surface area contributed by atoms with E-state index in [0.717, 1.165) is 39.0 Å². The largest absolute Gasteiger partial charge is 0.396 e. The fourth-order valence-electron chi connectivity index (χ4n) is 2.19. The number of amides is 1. The van der Waals surface area contributed by atoms with E-state index in [1.807, 2.05) is 0 Å². The fraction of sp³-hybridized carbons (Fsp3) is 0.923. The normalized spacial score (nSPS) is 17.7. The Labute approximate surface area is 110 Å². The van der Waals surface area contributed by atoms with E-state index in [9.17, 15) is 9.90 Å². The van der Waals surface area contributed by atoms with Gasteiger partial charge in [0, 0.05) is 38.1 Å². The van der Waals surface area contributed by atoms with E-state index >= 15 is 0 Å². The minimum absolute atomic E-state index is 0.0663. The standard InChI is InChI=1S/C13H27N3O2/c1-3-13(4-2,11-17)10-15-12(18)9-16-7-5-14-6-8-16/h14,17H,3-11H2,1-2H3,(H,15,18). The van der Waals surface area contributed by atoms with Crippen LogP contribution in [0.4, 0.5) is 0 Å². The highest BCUT2D eigenvalue weighted by molar-refractivity contribution is 5.78. The van der Waals surface area contributed by atoms with E-state index in [1.165, 1.54) is 0 Å². The highest BCUT2D eigenvalue weighted by Gasteiger charge is 2.26. The lowest BCUT2D eigenvalue weighted by Gasteiger charge is -2.31. The molecule has 1 aliphatic heterocycles. The van der Waals surface area contributed by atoms with Crippen molar-refractivity contribution in [3.8, 4) is 0 Å². The van der Waals surface area contributed by atoms with Gasteiger partial charge in [-0.1, -0.05) is 13.8 Å². The summed E-state index contributed by atoms with van der Waals surface area (Å²) in [4.78, 5) is 14.0. The highest BCUT2D eigenvalue weighted by atomic mass is 16.3. The van der Waals surface area contributed by atoms with Gasteiger partial charge in [0.05, 0.1) is 13.2 Å². The zero-order chi connectivity index (χ0) is 13.4. The van der Waals surface area contributed by atoms with Crippen molar-refractivity contribution in [2.75, 3.05) is 45.9 Å². The number of rotatable bonds is 7. The summed E-state index contributed by atoms with van der Waals surface area (Å²) in [5.74, 6) is 0.0663. The predicted octanol–water partition coefficient (Wildman–Crippen LogP) is -0.193. The van der Waals surface area contributed by atoms with Gasteiger partial charge in [-0.15, -0.1) is 0 Å². The Morgan fingerprint density at radius 2 is 1.94 bits per heavy atom. The summed E-state index contributed by atoms with van der Waals surface area (Å²) in [6.45, 7) is 9.06. The summed E-state index contributed by atoms with van der Waals surface area (Å²) in [6.07, 6.45) is 1.77. The number of piperazine rings is 1. The molecule has 0 unspecified atom stereocenters. The molecule has 0 bridgehead atoms. The Bertz CT molecular complexity index is 240. The maximum absolute atomic E-state index is 11.9. The van der Waals surface area contributed by atoms with Crippen molar-refractivity contribution in [1.82, 2.24) is 15.5 Å². The van der Waals surface area contributed by atoms with E-state index < -0.39 is 0 Å². The smallest absolute Gasteiger partial charge is 0.234 e. The van der Waals surface area contributed by atoms with Gasteiger partial charge in [-0.2, -0.15) is 0 Å². The average Bonchev–Trinajstić information content (AvgIpc) is 2.42. The topological polar surface area (TPSA) is 64.6 Å². The molecule has 0 saturated carbocycles. The van der Waals surface area contributed by atoms with Crippen molar-refractivity contribution in [3.05, 3.63) is 0 Å². The van der Waals surface area contributed by atoms with Crippen molar-refractivity contribution in [2.45, 2.75) is 26.7 Å². The number of nitrogens with zero attached hydrogens (tertiary/aromatic N) is 1. The van der Waals surface area contributed by atoms with Gasteiger partial charge in [-0.3, -0.25) is 9.69 Å². The van der Waals surface area contributed by atoms with Crippen LogP contribution in [0.3, 0.4) is 0 Å². The third-order valence-corrected chi connectivity index (χ3v) is 4.07. The molecule has 0 spiro atoms. The number of aliphatic hydroxyl groups excluding tert-OH is 1. The second-order valence-corrected chi connectivity index (χ2v) is 5.17. The van der Waals surface area contributed by atoms with E-state index in [4.69, 9.17) is 0 Å². The molecule has 5 heteroatoms. The van der Waals surface area contributed by atoms with Crippen molar-refractivity contribution in [3.63, 3.8) is 0 Å². The zero-order valence-electron chi connectivity index (χ0n) is 11.7. The summed E-state index contributed by atoms with van der Waals surface area (Å²) in [5, 5.41) is 15.7. The molecule has 1 amide bonds. The number of aliphatic hydroxyl groups is 1. The minimum atomic E-state index is -0.154. The summed E-state index contributed by atoms with van der Waals surface area (Å²) in [7, 11) is 0. The molecular weight excluding hydrogens is 230 g/mol. The minimum Gasteiger partial charge on any atom is -0.396 e. The van der Waals surface area contributed by atoms with Crippen LogP contribution < -0.4 is 10.6 Å². The highest BCUT2D eigenvalue weighted by Crippen LogP contribution is 2.24. The van der Waals surface area contributed by atoms with Gasteiger partial charge in [0.2, 0.25) is 5.91 Å². The Morgan fingerprint density at radius 3 is 2.44 bits per heavy atom.